The van der Waals surface area contributed by atoms with Gasteiger partial charge in [0.1, 0.15) is 13.2 Å². The van der Waals surface area contributed by atoms with E-state index in [1.54, 1.807) is 6.07 Å². The van der Waals surface area contributed by atoms with Gasteiger partial charge in [0.15, 0.2) is 11.5 Å². The van der Waals surface area contributed by atoms with Crippen LogP contribution in [-0.4, -0.2) is 34.2 Å². The lowest BCUT2D eigenvalue weighted by molar-refractivity contribution is 0.171. The first kappa shape index (κ1) is 16.1. The van der Waals surface area contributed by atoms with Gasteiger partial charge in [0.25, 0.3) is 0 Å². The number of ether oxygens (including phenoxy) is 2. The maximum absolute atomic E-state index is 12.4. The molecule has 1 aliphatic rings. The highest BCUT2D eigenvalue weighted by Gasteiger charge is 2.22. The van der Waals surface area contributed by atoms with E-state index in [0.29, 0.717) is 24.7 Å². The van der Waals surface area contributed by atoms with E-state index < -0.39 is 10.0 Å². The number of fused-ring (bicyclic) bond motifs is 1. The van der Waals surface area contributed by atoms with Crippen molar-refractivity contribution >= 4 is 10.0 Å². The molecule has 3 N–H and O–H groups in total. The van der Waals surface area contributed by atoms with Crippen LogP contribution in [0.25, 0.3) is 0 Å². The molecule has 0 spiro atoms. The molecular weight excluding hydrogens is 292 g/mol. The van der Waals surface area contributed by atoms with E-state index in [9.17, 15) is 8.42 Å². The molecule has 0 saturated carbocycles. The Kier molecular flexibility index (Phi) is 5.44. The van der Waals surface area contributed by atoms with Gasteiger partial charge in [-0.15, -0.1) is 0 Å². The molecule has 0 bridgehead atoms. The van der Waals surface area contributed by atoms with Crippen molar-refractivity contribution in [3.8, 4) is 11.5 Å². The highest BCUT2D eigenvalue weighted by atomic mass is 32.2. The van der Waals surface area contributed by atoms with Crippen LogP contribution >= 0.6 is 0 Å². The van der Waals surface area contributed by atoms with Crippen LogP contribution in [0.1, 0.15) is 26.2 Å². The fourth-order valence-corrected chi connectivity index (χ4v) is 3.45. The topological polar surface area (TPSA) is 90.7 Å². The average Bonchev–Trinajstić information content (AvgIpc) is 2.50. The molecule has 1 aromatic rings. The predicted molar refractivity (Wildman–Crippen MR) is 80.1 cm³/mol. The lowest BCUT2D eigenvalue weighted by Gasteiger charge is -2.20. The van der Waals surface area contributed by atoms with Gasteiger partial charge in [0.2, 0.25) is 10.0 Å². The second-order valence-electron chi connectivity index (χ2n) is 5.00. The molecule has 1 unspecified atom stereocenters. The van der Waals surface area contributed by atoms with Crippen molar-refractivity contribution in [1.29, 1.82) is 0 Å². The summed E-state index contributed by atoms with van der Waals surface area (Å²) in [6.07, 6.45) is 2.67. The second kappa shape index (κ2) is 7.11. The molecule has 1 atom stereocenters. The predicted octanol–water partition coefficient (Wildman–Crippen LogP) is 1.25. The van der Waals surface area contributed by atoms with E-state index in [1.165, 1.54) is 12.1 Å². The van der Waals surface area contributed by atoms with Crippen LogP contribution in [-0.2, 0) is 10.0 Å². The Bertz CT molecular complexity index is 574. The Balaban J connectivity index is 2.15. The quantitative estimate of drug-likeness (QED) is 0.790. The van der Waals surface area contributed by atoms with Gasteiger partial charge in [0, 0.05) is 18.7 Å². The Labute approximate surface area is 125 Å². The standard InChI is InChI=1S/C14H22N2O4S/c1-2-3-4-11(10-15)16-21(17,18)12-5-6-13-14(9-12)20-8-7-19-13/h5-6,9,11,16H,2-4,7-8,10,15H2,1H3. The van der Waals surface area contributed by atoms with Crippen molar-refractivity contribution in [2.45, 2.75) is 37.1 Å². The fourth-order valence-electron chi connectivity index (χ4n) is 2.15. The number of nitrogens with two attached hydrogens (primary N) is 1. The van der Waals surface area contributed by atoms with E-state index in [1.807, 2.05) is 0 Å². The van der Waals surface area contributed by atoms with Gasteiger partial charge < -0.3 is 15.2 Å². The summed E-state index contributed by atoms with van der Waals surface area (Å²) in [4.78, 5) is 0.168. The van der Waals surface area contributed by atoms with E-state index in [2.05, 4.69) is 11.6 Å². The third-order valence-corrected chi connectivity index (χ3v) is 4.85. The zero-order chi connectivity index (χ0) is 15.3. The SMILES string of the molecule is CCCCC(CN)NS(=O)(=O)c1ccc2c(c1)OCCO2. The molecule has 0 aliphatic carbocycles. The summed E-state index contributed by atoms with van der Waals surface area (Å²) in [6.45, 7) is 3.24. The molecule has 21 heavy (non-hydrogen) atoms. The van der Waals surface area contributed by atoms with Gasteiger partial charge in [-0.2, -0.15) is 0 Å². The Morgan fingerprint density at radius 1 is 1.29 bits per heavy atom. The Morgan fingerprint density at radius 3 is 2.67 bits per heavy atom. The number of nitrogens with one attached hydrogen (secondary N) is 1. The highest BCUT2D eigenvalue weighted by Crippen LogP contribution is 2.32. The Hall–Kier alpha value is -1.31. The molecule has 0 amide bonds. The van der Waals surface area contributed by atoms with Crippen LogP contribution in [0.2, 0.25) is 0 Å². The van der Waals surface area contributed by atoms with Crippen LogP contribution in [0.5, 0.6) is 11.5 Å². The van der Waals surface area contributed by atoms with Crippen molar-refractivity contribution in [2.24, 2.45) is 5.73 Å². The van der Waals surface area contributed by atoms with Gasteiger partial charge in [-0.05, 0) is 18.6 Å². The average molecular weight is 314 g/mol. The van der Waals surface area contributed by atoms with Gasteiger partial charge in [-0.25, -0.2) is 13.1 Å². The molecule has 1 aliphatic heterocycles. The van der Waals surface area contributed by atoms with Crippen LogP contribution < -0.4 is 19.9 Å². The molecule has 0 saturated heterocycles. The van der Waals surface area contributed by atoms with Gasteiger partial charge in [-0.1, -0.05) is 19.8 Å². The number of sulfonamides is 1. The number of hydrogen-bond donors (Lipinski definition) is 2. The highest BCUT2D eigenvalue weighted by molar-refractivity contribution is 7.89. The minimum Gasteiger partial charge on any atom is -0.486 e. The minimum absolute atomic E-state index is 0.168. The first-order chi connectivity index (χ1) is 10.1. The first-order valence-electron chi connectivity index (χ1n) is 7.19. The molecule has 0 fully saturated rings. The van der Waals surface area contributed by atoms with E-state index >= 15 is 0 Å². The molecule has 2 rings (SSSR count). The number of hydrogen-bond acceptors (Lipinski definition) is 5. The second-order valence-corrected chi connectivity index (χ2v) is 6.72. The largest absolute Gasteiger partial charge is 0.486 e. The van der Waals surface area contributed by atoms with Crippen molar-refractivity contribution in [3.63, 3.8) is 0 Å². The molecular formula is C14H22N2O4S. The van der Waals surface area contributed by atoms with E-state index in [0.717, 1.165) is 19.3 Å². The van der Waals surface area contributed by atoms with Crippen molar-refractivity contribution < 1.29 is 17.9 Å². The first-order valence-corrected chi connectivity index (χ1v) is 8.67. The molecule has 118 valence electrons. The summed E-state index contributed by atoms with van der Waals surface area (Å²) in [5.41, 5.74) is 5.64. The minimum atomic E-state index is -3.60. The fraction of sp³-hybridized carbons (Fsp3) is 0.571. The molecule has 0 radical (unpaired) electrons. The summed E-state index contributed by atoms with van der Waals surface area (Å²) < 4.78 is 38.2. The normalized spacial score (nSPS) is 15.7. The van der Waals surface area contributed by atoms with Crippen molar-refractivity contribution in [2.75, 3.05) is 19.8 Å². The zero-order valence-electron chi connectivity index (χ0n) is 12.2. The Morgan fingerprint density at radius 2 is 2.00 bits per heavy atom. The molecule has 7 heteroatoms. The van der Waals surface area contributed by atoms with Gasteiger partial charge >= 0.3 is 0 Å². The van der Waals surface area contributed by atoms with Crippen LogP contribution in [0.15, 0.2) is 23.1 Å². The smallest absolute Gasteiger partial charge is 0.241 e. The van der Waals surface area contributed by atoms with Crippen LogP contribution in [0.4, 0.5) is 0 Å². The van der Waals surface area contributed by atoms with Gasteiger partial charge in [0.05, 0.1) is 4.90 Å². The number of benzene rings is 1. The summed E-state index contributed by atoms with van der Waals surface area (Å²) >= 11 is 0. The molecule has 0 aromatic heterocycles. The van der Waals surface area contributed by atoms with Crippen molar-refractivity contribution in [3.05, 3.63) is 18.2 Å². The molecule has 1 heterocycles. The molecule has 6 nitrogen and oxygen atoms in total. The van der Waals surface area contributed by atoms with Crippen LogP contribution in [0.3, 0.4) is 0 Å². The number of unbranched alkanes of at least 4 members (excludes halogenated alkanes) is 1. The monoisotopic (exact) mass is 314 g/mol. The third-order valence-electron chi connectivity index (χ3n) is 3.34. The summed E-state index contributed by atoms with van der Waals surface area (Å²) in [5.74, 6) is 1.03. The maximum atomic E-state index is 12.4. The number of rotatable bonds is 7. The zero-order valence-corrected chi connectivity index (χ0v) is 13.0. The van der Waals surface area contributed by atoms with E-state index in [4.69, 9.17) is 15.2 Å². The summed E-state index contributed by atoms with van der Waals surface area (Å²) in [5, 5.41) is 0. The van der Waals surface area contributed by atoms with E-state index in [-0.39, 0.29) is 17.5 Å². The molecule has 1 aromatic carbocycles. The van der Waals surface area contributed by atoms with Crippen molar-refractivity contribution in [1.82, 2.24) is 4.72 Å². The third kappa shape index (κ3) is 4.09. The lowest BCUT2D eigenvalue weighted by atomic mass is 10.1. The summed E-state index contributed by atoms with van der Waals surface area (Å²) in [7, 11) is -3.60. The van der Waals surface area contributed by atoms with Gasteiger partial charge in [-0.3, -0.25) is 0 Å². The van der Waals surface area contributed by atoms with Crippen LogP contribution in [0, 0.1) is 0 Å². The maximum Gasteiger partial charge on any atom is 0.241 e. The lowest BCUT2D eigenvalue weighted by Crippen LogP contribution is -2.40. The summed E-state index contributed by atoms with van der Waals surface area (Å²) in [6, 6.07) is 4.38.